The number of aromatic amines is 2. The van der Waals surface area contributed by atoms with E-state index in [1.54, 1.807) is 0 Å². The lowest BCUT2D eigenvalue weighted by Crippen LogP contribution is -2.10. The van der Waals surface area contributed by atoms with Gasteiger partial charge < -0.3 is 9.97 Å². The normalized spacial score (nSPS) is 14.5. The minimum atomic E-state index is -0.0739. The second-order valence-electron chi connectivity index (χ2n) is 18.2. The molecule has 0 aliphatic carbocycles. The molecule has 0 spiro atoms. The highest BCUT2D eigenvalue weighted by Gasteiger charge is 2.35. The van der Waals surface area contributed by atoms with Gasteiger partial charge in [0.1, 0.15) is 22.6 Å². The zero-order chi connectivity index (χ0) is 43.0. The lowest BCUT2D eigenvalue weighted by Gasteiger charge is -2.19. The van der Waals surface area contributed by atoms with E-state index in [2.05, 4.69) is 116 Å². The molecule has 314 valence electrons. The first-order valence-corrected chi connectivity index (χ1v) is 28.4. The van der Waals surface area contributed by atoms with Gasteiger partial charge >= 0.3 is 0 Å². The maximum atomic E-state index is 5.67. The fourth-order valence-electron chi connectivity index (χ4n) is 9.31. The number of H-pyrrole nitrogens is 2. The molecule has 4 aliphatic rings. The molecule has 0 radical (unpaired) electrons. The van der Waals surface area contributed by atoms with E-state index in [0.29, 0.717) is 28.9 Å². The molecule has 11 rings (SSSR count). The van der Waals surface area contributed by atoms with Gasteiger partial charge in [0.2, 0.25) is 0 Å². The molecule has 8 nitrogen and oxygen atoms in total. The van der Waals surface area contributed by atoms with E-state index in [0.717, 1.165) is 86.4 Å². The molecule has 8 bridgehead atoms. The maximum absolute atomic E-state index is 5.67. The van der Waals surface area contributed by atoms with Crippen LogP contribution in [-0.4, -0.2) is 39.9 Å². The number of nitrogens with one attached hydrogen (secondary N) is 2. The van der Waals surface area contributed by atoms with Crippen molar-refractivity contribution >= 4 is 107 Å². The number of aryl methyl sites for hydroxylation is 2. The van der Waals surface area contributed by atoms with Crippen LogP contribution in [0.15, 0.2) is 56.0 Å². The second kappa shape index (κ2) is 14.9. The summed E-state index contributed by atoms with van der Waals surface area (Å²) in [6.07, 6.45) is 3.43. The molecule has 7 aromatic rings. The standard InChI is InChI=1S/C48H46N8S6/c1-11-23-31-33(25(13-3)37-35(23)57-61-59-37)45-54-43(31)52-40-28-18-16-21(47(5,6)7)19-29(28)41(51-40)49-39-27-17-15-22(48(8,9)10)20-30(27)42(50-39)53-44-32-24(12-2)36-38(60-62-58-36)26(14-4)34(32)46(55-44)56-45/h15-20H,11-14H2,1-10H3,(H2,49,50,51,52,53,54,55,56). The first-order chi connectivity index (χ1) is 29.8. The fraction of sp³-hybridized carbons (Fsp3) is 0.333. The Labute approximate surface area is 384 Å². The van der Waals surface area contributed by atoms with Crippen molar-refractivity contribution in [1.82, 2.24) is 39.9 Å². The van der Waals surface area contributed by atoms with Gasteiger partial charge in [-0.1, -0.05) is 93.5 Å². The van der Waals surface area contributed by atoms with E-state index in [1.165, 1.54) is 53.0 Å². The Morgan fingerprint density at radius 1 is 0.435 bits per heavy atom. The molecule has 3 aromatic heterocycles. The summed E-state index contributed by atoms with van der Waals surface area (Å²) in [7, 11) is 11.2. The molecular weight excluding hydrogens is 881 g/mol. The minimum absolute atomic E-state index is 0.0726. The predicted octanol–water partition coefficient (Wildman–Crippen LogP) is 15.2. The van der Waals surface area contributed by atoms with E-state index < -0.39 is 0 Å². The molecule has 0 saturated carbocycles. The fourth-order valence-corrected chi connectivity index (χ4v) is 19.3. The van der Waals surface area contributed by atoms with Gasteiger partial charge in [-0.05, 0) is 145 Å². The van der Waals surface area contributed by atoms with E-state index in [-0.39, 0.29) is 10.8 Å². The van der Waals surface area contributed by atoms with Gasteiger partial charge in [0.05, 0.1) is 0 Å². The van der Waals surface area contributed by atoms with Crippen molar-refractivity contribution in [2.24, 2.45) is 0 Å². The number of hydrogen-bond acceptors (Lipinski definition) is 12. The molecule has 62 heavy (non-hydrogen) atoms. The van der Waals surface area contributed by atoms with Gasteiger partial charge in [0, 0.05) is 63.4 Å². The number of rotatable bonds is 4. The number of benzene rings is 4. The highest BCUT2D eigenvalue weighted by Crippen LogP contribution is 2.63. The zero-order valence-electron chi connectivity index (χ0n) is 36.4. The molecule has 14 heteroatoms. The van der Waals surface area contributed by atoms with Crippen LogP contribution < -0.4 is 0 Å². The molecule has 7 heterocycles. The van der Waals surface area contributed by atoms with Crippen molar-refractivity contribution in [3.8, 4) is 45.6 Å². The lowest BCUT2D eigenvalue weighted by atomic mass is 9.85. The molecule has 0 atom stereocenters. The molecule has 0 unspecified atom stereocenters. The smallest absolute Gasteiger partial charge is 0.165 e. The summed E-state index contributed by atoms with van der Waals surface area (Å²) in [4.78, 5) is 45.9. The second-order valence-corrected chi connectivity index (χ2v) is 26.1. The van der Waals surface area contributed by atoms with Gasteiger partial charge in [-0.3, -0.25) is 0 Å². The summed E-state index contributed by atoms with van der Waals surface area (Å²) < 4.78 is 0. The van der Waals surface area contributed by atoms with Crippen LogP contribution in [0.25, 0.3) is 89.7 Å². The SMILES string of the molecule is CCc1c2c(c(CC)c3c1-c1nc-3nc3[nH]c(nc4nc(nc5[nH]c(n1)c1cc(C(C)(C)C)ccc51)-c1cc(C(C)(C)C)ccc1-4)c1c(CC)c4c(c(CC)c31)SSS4)SSS2. The van der Waals surface area contributed by atoms with Crippen molar-refractivity contribution in [2.75, 3.05) is 0 Å². The summed E-state index contributed by atoms with van der Waals surface area (Å²) in [6.45, 7) is 22.5. The van der Waals surface area contributed by atoms with Crippen molar-refractivity contribution in [1.29, 1.82) is 0 Å². The number of nitrogens with zero attached hydrogens (tertiary/aromatic N) is 6. The molecule has 2 N–H and O–H groups in total. The van der Waals surface area contributed by atoms with Crippen LogP contribution in [0, 0.1) is 0 Å². The van der Waals surface area contributed by atoms with Crippen molar-refractivity contribution in [3.05, 3.63) is 69.8 Å². The van der Waals surface area contributed by atoms with Crippen LogP contribution in [0.5, 0.6) is 0 Å². The molecular formula is C48H46N8S6. The average Bonchev–Trinajstić information content (AvgIpc) is 4.11. The first-order valence-electron chi connectivity index (χ1n) is 21.4. The third-order valence-electron chi connectivity index (χ3n) is 12.6. The Morgan fingerprint density at radius 2 is 0.855 bits per heavy atom. The minimum Gasteiger partial charge on any atom is -0.324 e. The van der Waals surface area contributed by atoms with Crippen LogP contribution in [0.2, 0.25) is 0 Å². The summed E-state index contributed by atoms with van der Waals surface area (Å²) >= 11 is 0. The highest BCUT2D eigenvalue weighted by atomic mass is 33.5. The Kier molecular flexibility index (Phi) is 9.90. The zero-order valence-corrected chi connectivity index (χ0v) is 41.3. The first kappa shape index (κ1) is 41.1. The number of aromatic nitrogens is 8. The van der Waals surface area contributed by atoms with E-state index >= 15 is 0 Å². The van der Waals surface area contributed by atoms with Crippen molar-refractivity contribution in [3.63, 3.8) is 0 Å². The van der Waals surface area contributed by atoms with Crippen LogP contribution in [-0.2, 0) is 36.5 Å². The van der Waals surface area contributed by atoms with Gasteiger partial charge in [-0.2, -0.15) is 0 Å². The van der Waals surface area contributed by atoms with Crippen molar-refractivity contribution in [2.45, 2.75) is 125 Å². The highest BCUT2D eigenvalue weighted by molar-refractivity contribution is 9.10. The average molecular weight is 927 g/mol. The maximum Gasteiger partial charge on any atom is 0.165 e. The molecule has 0 saturated heterocycles. The monoisotopic (exact) mass is 926 g/mol. The van der Waals surface area contributed by atoms with Gasteiger partial charge in [-0.25, -0.2) is 29.9 Å². The summed E-state index contributed by atoms with van der Waals surface area (Å²) in [6, 6.07) is 13.3. The summed E-state index contributed by atoms with van der Waals surface area (Å²) in [5.74, 6) is 2.64. The largest absolute Gasteiger partial charge is 0.324 e. The van der Waals surface area contributed by atoms with Gasteiger partial charge in [-0.15, -0.1) is 0 Å². The Bertz CT molecular complexity index is 3280. The topological polar surface area (TPSA) is 109 Å². The van der Waals surface area contributed by atoms with E-state index in [1.807, 2.05) is 62.8 Å². The molecule has 4 aliphatic heterocycles. The Hall–Kier alpha value is -3.66. The van der Waals surface area contributed by atoms with E-state index in [9.17, 15) is 0 Å². The summed E-state index contributed by atoms with van der Waals surface area (Å²) in [5, 5.41) is 4.23. The van der Waals surface area contributed by atoms with Crippen LogP contribution >= 0.6 is 62.8 Å². The quantitative estimate of drug-likeness (QED) is 0.164. The van der Waals surface area contributed by atoms with Gasteiger partial charge in [0.15, 0.2) is 23.3 Å². The third kappa shape index (κ3) is 6.24. The Morgan fingerprint density at radius 3 is 1.40 bits per heavy atom. The predicted molar refractivity (Wildman–Crippen MR) is 270 cm³/mol. The van der Waals surface area contributed by atoms with Crippen LogP contribution in [0.1, 0.15) is 103 Å². The van der Waals surface area contributed by atoms with Crippen LogP contribution in [0.3, 0.4) is 0 Å². The molecule has 0 amide bonds. The van der Waals surface area contributed by atoms with E-state index in [4.69, 9.17) is 29.9 Å². The van der Waals surface area contributed by atoms with Crippen LogP contribution in [0.4, 0.5) is 0 Å². The third-order valence-corrected chi connectivity index (χ3v) is 20.8. The summed E-state index contributed by atoms with van der Waals surface area (Å²) in [5.41, 5.74) is 14.6. The Balaban J connectivity index is 1.38. The molecule has 4 aromatic carbocycles. The number of fused-ring (bicyclic) bond motifs is 22. The molecule has 0 fully saturated rings. The van der Waals surface area contributed by atoms with Crippen molar-refractivity contribution < 1.29 is 0 Å². The van der Waals surface area contributed by atoms with Gasteiger partial charge in [0.25, 0.3) is 0 Å². The lowest BCUT2D eigenvalue weighted by molar-refractivity contribution is 0.590. The number of hydrogen-bond donors (Lipinski definition) is 2.